The summed E-state index contributed by atoms with van der Waals surface area (Å²) in [6.07, 6.45) is 0. The maximum absolute atomic E-state index is 9.09. The first kappa shape index (κ1) is 13.1. The molecule has 2 aromatic rings. The number of para-hydroxylation sites is 1. The molecule has 3 heteroatoms. The highest BCUT2D eigenvalue weighted by atomic mass is 32.2. The summed E-state index contributed by atoms with van der Waals surface area (Å²) in [5.74, 6) is 0. The van der Waals surface area contributed by atoms with Gasteiger partial charge in [0.1, 0.15) is 0 Å². The van der Waals surface area contributed by atoms with Crippen LogP contribution >= 0.6 is 11.8 Å². The molecule has 100 valence electrons. The normalized spacial score (nSPS) is 13.4. The Morgan fingerprint density at radius 1 is 1.00 bits per heavy atom. The summed E-state index contributed by atoms with van der Waals surface area (Å²) in [6.45, 7) is 6.63. The zero-order valence-electron chi connectivity index (χ0n) is 11.8. The maximum atomic E-state index is 9.09. The third kappa shape index (κ3) is 2.07. The van der Waals surface area contributed by atoms with Gasteiger partial charge < -0.3 is 4.90 Å². The fourth-order valence-corrected chi connectivity index (χ4v) is 3.65. The molecule has 2 aromatic carbocycles. The van der Waals surface area contributed by atoms with Gasteiger partial charge in [-0.2, -0.15) is 5.26 Å². The lowest BCUT2D eigenvalue weighted by molar-refractivity contribution is 0.553. The number of nitriles is 1. The van der Waals surface area contributed by atoms with Crippen molar-refractivity contribution >= 4 is 23.1 Å². The Hall–Kier alpha value is -1.92. The van der Waals surface area contributed by atoms with Gasteiger partial charge in [0, 0.05) is 15.3 Å². The van der Waals surface area contributed by atoms with E-state index < -0.39 is 0 Å². The smallest absolute Gasteiger partial charge is 0.0992 e. The Bertz CT molecular complexity index is 708. The first-order valence-corrected chi connectivity index (χ1v) is 7.43. The van der Waals surface area contributed by atoms with Crippen LogP contribution in [0, 0.1) is 11.3 Å². The summed E-state index contributed by atoms with van der Waals surface area (Å²) >= 11 is 1.74. The molecule has 0 atom stereocenters. The molecule has 0 radical (unpaired) electrons. The average molecular weight is 280 g/mol. The van der Waals surface area contributed by atoms with E-state index in [0.717, 1.165) is 4.90 Å². The Kier molecular flexibility index (Phi) is 2.99. The molecule has 0 fully saturated rings. The van der Waals surface area contributed by atoms with Gasteiger partial charge in [-0.15, -0.1) is 0 Å². The molecule has 0 bridgehead atoms. The molecule has 0 unspecified atom stereocenters. The second-order valence-corrected chi connectivity index (χ2v) is 6.95. The Labute approximate surface area is 124 Å². The number of anilines is 2. The van der Waals surface area contributed by atoms with E-state index in [1.165, 1.54) is 16.3 Å². The maximum Gasteiger partial charge on any atom is 0.0992 e. The molecule has 2 nitrogen and oxygen atoms in total. The van der Waals surface area contributed by atoms with E-state index in [9.17, 15) is 0 Å². The third-order valence-electron chi connectivity index (χ3n) is 3.33. The van der Waals surface area contributed by atoms with Crippen molar-refractivity contribution in [2.45, 2.75) is 36.1 Å². The molecule has 0 saturated heterocycles. The lowest BCUT2D eigenvalue weighted by Gasteiger charge is -2.42. The van der Waals surface area contributed by atoms with E-state index in [2.05, 4.69) is 62.1 Å². The van der Waals surface area contributed by atoms with E-state index >= 15 is 0 Å². The zero-order valence-corrected chi connectivity index (χ0v) is 12.7. The molecule has 20 heavy (non-hydrogen) atoms. The molecule has 0 N–H and O–H groups in total. The van der Waals surface area contributed by atoms with Gasteiger partial charge in [0.25, 0.3) is 0 Å². The molecule has 1 heterocycles. The van der Waals surface area contributed by atoms with Crippen LogP contribution in [-0.2, 0) is 0 Å². The summed E-state index contributed by atoms with van der Waals surface area (Å²) in [5.41, 5.74) is 3.12. The number of rotatable bonds is 0. The van der Waals surface area contributed by atoms with Gasteiger partial charge in [-0.25, -0.2) is 0 Å². The molecule has 0 amide bonds. The van der Waals surface area contributed by atoms with Gasteiger partial charge in [0.2, 0.25) is 0 Å². The third-order valence-corrected chi connectivity index (χ3v) is 4.44. The minimum Gasteiger partial charge on any atom is -0.334 e. The van der Waals surface area contributed by atoms with Crippen LogP contribution in [0.2, 0.25) is 0 Å². The standard InChI is InChI=1S/C17H16N2S/c1-17(2,3)19-13-6-4-5-7-15(13)20-16-10-12(11-18)8-9-14(16)19/h4-10H,1-3H3. The summed E-state index contributed by atoms with van der Waals surface area (Å²) < 4.78 is 0. The van der Waals surface area contributed by atoms with Crippen molar-refractivity contribution < 1.29 is 0 Å². The average Bonchev–Trinajstić information content (AvgIpc) is 2.42. The highest BCUT2D eigenvalue weighted by molar-refractivity contribution is 7.99. The van der Waals surface area contributed by atoms with E-state index in [1.807, 2.05) is 12.1 Å². The second kappa shape index (κ2) is 4.57. The first-order chi connectivity index (χ1) is 9.50. The molecule has 1 aliphatic rings. The van der Waals surface area contributed by atoms with Crippen LogP contribution in [0.15, 0.2) is 52.3 Å². The number of nitrogens with zero attached hydrogens (tertiary/aromatic N) is 2. The highest BCUT2D eigenvalue weighted by Gasteiger charge is 2.31. The SMILES string of the molecule is CC(C)(C)N1c2ccccc2Sc2cc(C#N)ccc21. The van der Waals surface area contributed by atoms with Crippen LogP contribution in [-0.4, -0.2) is 5.54 Å². The number of hydrogen-bond acceptors (Lipinski definition) is 3. The van der Waals surface area contributed by atoms with Crippen molar-refractivity contribution in [2.75, 3.05) is 4.90 Å². The summed E-state index contributed by atoms with van der Waals surface area (Å²) in [6, 6.07) is 16.6. The van der Waals surface area contributed by atoms with Crippen molar-refractivity contribution in [3.05, 3.63) is 48.0 Å². The van der Waals surface area contributed by atoms with Gasteiger partial charge in [0.05, 0.1) is 23.0 Å². The summed E-state index contributed by atoms with van der Waals surface area (Å²) in [4.78, 5) is 4.75. The van der Waals surface area contributed by atoms with E-state index in [0.29, 0.717) is 5.56 Å². The molecule has 0 spiro atoms. The zero-order chi connectivity index (χ0) is 14.3. The monoisotopic (exact) mass is 280 g/mol. The first-order valence-electron chi connectivity index (χ1n) is 6.62. The van der Waals surface area contributed by atoms with Gasteiger partial charge in [-0.1, -0.05) is 23.9 Å². The molecular weight excluding hydrogens is 264 g/mol. The predicted molar refractivity (Wildman–Crippen MR) is 83.6 cm³/mol. The molecule has 0 aromatic heterocycles. The van der Waals surface area contributed by atoms with E-state index in [1.54, 1.807) is 11.8 Å². The minimum absolute atomic E-state index is 0.0139. The van der Waals surface area contributed by atoms with E-state index in [4.69, 9.17) is 5.26 Å². The van der Waals surface area contributed by atoms with E-state index in [-0.39, 0.29) is 5.54 Å². The van der Waals surface area contributed by atoms with Gasteiger partial charge in [-0.05, 0) is 51.1 Å². The predicted octanol–water partition coefficient (Wildman–Crippen LogP) is 4.96. The molecule has 1 aliphatic heterocycles. The fourth-order valence-electron chi connectivity index (χ4n) is 2.55. The van der Waals surface area contributed by atoms with Gasteiger partial charge >= 0.3 is 0 Å². The van der Waals surface area contributed by atoms with Crippen molar-refractivity contribution in [2.24, 2.45) is 0 Å². The topological polar surface area (TPSA) is 27.0 Å². The van der Waals surface area contributed by atoms with Crippen molar-refractivity contribution in [1.82, 2.24) is 0 Å². The summed E-state index contributed by atoms with van der Waals surface area (Å²) in [5, 5.41) is 9.09. The molecule has 0 saturated carbocycles. The molecular formula is C17H16N2S. The molecule has 0 aliphatic carbocycles. The molecule has 3 rings (SSSR count). The van der Waals surface area contributed by atoms with Crippen LogP contribution in [0.25, 0.3) is 0 Å². The Balaban J connectivity index is 2.24. The quantitative estimate of drug-likeness (QED) is 0.682. The lowest BCUT2D eigenvalue weighted by Crippen LogP contribution is -2.39. The van der Waals surface area contributed by atoms with Crippen molar-refractivity contribution in [3.63, 3.8) is 0 Å². The second-order valence-electron chi connectivity index (χ2n) is 5.87. The Morgan fingerprint density at radius 3 is 2.40 bits per heavy atom. The van der Waals surface area contributed by atoms with Crippen LogP contribution in [0.5, 0.6) is 0 Å². The highest BCUT2D eigenvalue weighted by Crippen LogP contribution is 2.50. The van der Waals surface area contributed by atoms with Crippen LogP contribution in [0.3, 0.4) is 0 Å². The van der Waals surface area contributed by atoms with Gasteiger partial charge in [0.15, 0.2) is 0 Å². The minimum atomic E-state index is -0.0139. The van der Waals surface area contributed by atoms with Gasteiger partial charge in [-0.3, -0.25) is 0 Å². The fraction of sp³-hybridized carbons (Fsp3) is 0.235. The summed E-state index contributed by atoms with van der Waals surface area (Å²) in [7, 11) is 0. The van der Waals surface area contributed by atoms with Crippen molar-refractivity contribution in [3.8, 4) is 6.07 Å². The number of benzene rings is 2. The van der Waals surface area contributed by atoms with Crippen molar-refractivity contribution in [1.29, 1.82) is 5.26 Å². The van der Waals surface area contributed by atoms with Crippen LogP contribution in [0.4, 0.5) is 11.4 Å². The van der Waals surface area contributed by atoms with Crippen LogP contribution in [0.1, 0.15) is 26.3 Å². The van der Waals surface area contributed by atoms with Crippen LogP contribution < -0.4 is 4.90 Å². The largest absolute Gasteiger partial charge is 0.334 e. The Morgan fingerprint density at radius 2 is 1.70 bits per heavy atom. The number of fused-ring (bicyclic) bond motifs is 2. The lowest BCUT2D eigenvalue weighted by atomic mass is 10.0. The number of hydrogen-bond donors (Lipinski definition) is 0.